The summed E-state index contributed by atoms with van der Waals surface area (Å²) in [5.74, 6) is -0.149. The minimum absolute atomic E-state index is 0.149. The van der Waals surface area contributed by atoms with E-state index in [2.05, 4.69) is 6.92 Å². The summed E-state index contributed by atoms with van der Waals surface area (Å²) >= 11 is 0. The molecule has 0 bridgehead atoms. The minimum Gasteiger partial charge on any atom is -0.382 e. The number of rotatable bonds is 6. The van der Waals surface area contributed by atoms with E-state index in [1.54, 1.807) is 12.1 Å². The van der Waals surface area contributed by atoms with Gasteiger partial charge in [0.15, 0.2) is 5.78 Å². The second-order valence-corrected chi connectivity index (χ2v) is 4.18. The van der Waals surface area contributed by atoms with E-state index < -0.39 is 5.60 Å². The van der Waals surface area contributed by atoms with Crippen LogP contribution in [0.5, 0.6) is 0 Å². The van der Waals surface area contributed by atoms with Gasteiger partial charge in [-0.1, -0.05) is 57.0 Å². The molecule has 16 heavy (non-hydrogen) atoms. The molecule has 0 aliphatic rings. The van der Waals surface area contributed by atoms with Gasteiger partial charge in [-0.2, -0.15) is 0 Å². The van der Waals surface area contributed by atoms with E-state index in [0.29, 0.717) is 18.4 Å². The number of Topliss-reactive ketones (excluding diaryl/α,β-unsaturated/α-hetero) is 1. The Labute approximate surface area is 97.3 Å². The van der Waals surface area contributed by atoms with E-state index in [1.165, 1.54) is 0 Å². The molecule has 0 aromatic heterocycles. The lowest BCUT2D eigenvalue weighted by Gasteiger charge is -2.25. The van der Waals surface area contributed by atoms with Crippen molar-refractivity contribution in [2.45, 2.75) is 45.1 Å². The molecule has 1 unspecified atom stereocenters. The number of carbonyl (C=O) groups excluding carboxylic acids is 1. The molecule has 0 aliphatic heterocycles. The zero-order chi connectivity index (χ0) is 12.0. The van der Waals surface area contributed by atoms with Crippen LogP contribution in [-0.4, -0.2) is 16.5 Å². The predicted molar refractivity (Wildman–Crippen MR) is 65.5 cm³/mol. The molecule has 2 heteroatoms. The third-order valence-corrected chi connectivity index (χ3v) is 2.99. The third kappa shape index (κ3) is 2.92. The summed E-state index contributed by atoms with van der Waals surface area (Å²) in [7, 11) is 0. The zero-order valence-corrected chi connectivity index (χ0v) is 10.1. The standard InChI is InChI=1S/C14H20O2/c1-3-5-11-14(16,4-2)13(15)12-9-7-6-8-10-12/h6-10,16H,3-5,11H2,1-2H3. The molecule has 0 amide bonds. The van der Waals surface area contributed by atoms with Crippen molar-refractivity contribution in [2.24, 2.45) is 0 Å². The largest absolute Gasteiger partial charge is 0.382 e. The van der Waals surface area contributed by atoms with Crippen LogP contribution in [0, 0.1) is 0 Å². The Morgan fingerprint density at radius 1 is 1.25 bits per heavy atom. The Morgan fingerprint density at radius 2 is 1.88 bits per heavy atom. The Morgan fingerprint density at radius 3 is 2.38 bits per heavy atom. The van der Waals surface area contributed by atoms with E-state index in [9.17, 15) is 9.90 Å². The molecular weight excluding hydrogens is 200 g/mol. The number of hydrogen-bond donors (Lipinski definition) is 1. The van der Waals surface area contributed by atoms with E-state index in [0.717, 1.165) is 12.8 Å². The van der Waals surface area contributed by atoms with Crippen LogP contribution in [0.15, 0.2) is 30.3 Å². The second kappa shape index (κ2) is 5.80. The maximum atomic E-state index is 12.2. The molecule has 0 saturated carbocycles. The molecule has 0 spiro atoms. The fraction of sp³-hybridized carbons (Fsp3) is 0.500. The highest BCUT2D eigenvalue weighted by Gasteiger charge is 2.33. The highest BCUT2D eigenvalue weighted by atomic mass is 16.3. The van der Waals surface area contributed by atoms with E-state index in [-0.39, 0.29) is 5.78 Å². The predicted octanol–water partition coefficient (Wildman–Crippen LogP) is 3.20. The molecule has 0 radical (unpaired) electrons. The van der Waals surface area contributed by atoms with Crippen molar-refractivity contribution in [3.8, 4) is 0 Å². The van der Waals surface area contributed by atoms with Crippen LogP contribution in [0.1, 0.15) is 49.9 Å². The van der Waals surface area contributed by atoms with Crippen LogP contribution in [-0.2, 0) is 0 Å². The lowest BCUT2D eigenvalue weighted by molar-refractivity contribution is 0.0240. The molecule has 1 rings (SSSR count). The van der Waals surface area contributed by atoms with E-state index >= 15 is 0 Å². The second-order valence-electron chi connectivity index (χ2n) is 4.18. The van der Waals surface area contributed by atoms with Gasteiger partial charge in [-0.15, -0.1) is 0 Å². The molecule has 2 nitrogen and oxygen atoms in total. The summed E-state index contributed by atoms with van der Waals surface area (Å²) in [4.78, 5) is 12.2. The summed E-state index contributed by atoms with van der Waals surface area (Å²) < 4.78 is 0. The van der Waals surface area contributed by atoms with Gasteiger partial charge in [-0.25, -0.2) is 0 Å². The normalized spacial score (nSPS) is 14.4. The summed E-state index contributed by atoms with van der Waals surface area (Å²) in [6, 6.07) is 9.03. The molecule has 1 atom stereocenters. The van der Waals surface area contributed by atoms with Crippen molar-refractivity contribution < 1.29 is 9.90 Å². The smallest absolute Gasteiger partial charge is 0.194 e. The number of carbonyl (C=O) groups is 1. The van der Waals surface area contributed by atoms with Crippen molar-refractivity contribution in [3.05, 3.63) is 35.9 Å². The number of aliphatic hydroxyl groups is 1. The lowest BCUT2D eigenvalue weighted by atomic mass is 9.86. The Bertz CT molecular complexity index is 332. The summed E-state index contributed by atoms with van der Waals surface area (Å²) in [6.07, 6.45) is 2.89. The fourth-order valence-corrected chi connectivity index (χ4v) is 1.78. The van der Waals surface area contributed by atoms with Gasteiger partial charge >= 0.3 is 0 Å². The number of ketones is 1. The Hall–Kier alpha value is -1.15. The SMILES string of the molecule is CCCCC(O)(CC)C(=O)c1ccccc1. The quantitative estimate of drug-likeness (QED) is 0.747. The van der Waals surface area contributed by atoms with Gasteiger partial charge in [-0.05, 0) is 12.8 Å². The van der Waals surface area contributed by atoms with Crippen LogP contribution in [0.25, 0.3) is 0 Å². The van der Waals surface area contributed by atoms with Crippen LogP contribution in [0.3, 0.4) is 0 Å². The maximum Gasteiger partial charge on any atom is 0.194 e. The highest BCUT2D eigenvalue weighted by Crippen LogP contribution is 2.23. The topological polar surface area (TPSA) is 37.3 Å². The first kappa shape index (κ1) is 12.9. The molecular formula is C14H20O2. The molecule has 0 fully saturated rings. The van der Waals surface area contributed by atoms with Crippen molar-refractivity contribution in [3.63, 3.8) is 0 Å². The Balaban J connectivity index is 2.84. The number of unbranched alkanes of at least 4 members (excludes halogenated alkanes) is 1. The summed E-state index contributed by atoms with van der Waals surface area (Å²) in [5, 5.41) is 10.3. The average Bonchev–Trinajstić information content (AvgIpc) is 2.36. The van der Waals surface area contributed by atoms with Gasteiger partial charge in [0.25, 0.3) is 0 Å². The molecule has 1 aromatic rings. The molecule has 1 aromatic carbocycles. The van der Waals surface area contributed by atoms with Gasteiger partial charge < -0.3 is 5.11 Å². The molecule has 1 N–H and O–H groups in total. The number of benzene rings is 1. The maximum absolute atomic E-state index is 12.2. The van der Waals surface area contributed by atoms with Crippen LogP contribution < -0.4 is 0 Å². The molecule has 88 valence electrons. The van der Waals surface area contributed by atoms with Crippen molar-refractivity contribution in [1.29, 1.82) is 0 Å². The number of hydrogen-bond acceptors (Lipinski definition) is 2. The van der Waals surface area contributed by atoms with E-state index in [4.69, 9.17) is 0 Å². The Kier molecular flexibility index (Phi) is 4.69. The highest BCUT2D eigenvalue weighted by molar-refractivity contribution is 6.02. The van der Waals surface area contributed by atoms with Crippen LogP contribution >= 0.6 is 0 Å². The zero-order valence-electron chi connectivity index (χ0n) is 10.1. The van der Waals surface area contributed by atoms with Crippen molar-refractivity contribution in [2.75, 3.05) is 0 Å². The fourth-order valence-electron chi connectivity index (χ4n) is 1.78. The first-order chi connectivity index (χ1) is 7.64. The molecule has 0 aliphatic carbocycles. The van der Waals surface area contributed by atoms with Gasteiger partial charge in [0.05, 0.1) is 0 Å². The monoisotopic (exact) mass is 220 g/mol. The van der Waals surface area contributed by atoms with Crippen LogP contribution in [0.2, 0.25) is 0 Å². The average molecular weight is 220 g/mol. The van der Waals surface area contributed by atoms with Crippen LogP contribution in [0.4, 0.5) is 0 Å². The lowest BCUT2D eigenvalue weighted by Crippen LogP contribution is -2.37. The van der Waals surface area contributed by atoms with Gasteiger partial charge in [-0.3, -0.25) is 4.79 Å². The first-order valence-electron chi connectivity index (χ1n) is 5.96. The van der Waals surface area contributed by atoms with Gasteiger partial charge in [0.2, 0.25) is 0 Å². The summed E-state index contributed by atoms with van der Waals surface area (Å²) in [6.45, 7) is 3.92. The van der Waals surface area contributed by atoms with E-state index in [1.807, 2.05) is 25.1 Å². The van der Waals surface area contributed by atoms with Gasteiger partial charge in [0, 0.05) is 5.56 Å². The third-order valence-electron chi connectivity index (χ3n) is 2.99. The first-order valence-corrected chi connectivity index (χ1v) is 5.96. The van der Waals surface area contributed by atoms with Crippen molar-refractivity contribution >= 4 is 5.78 Å². The van der Waals surface area contributed by atoms with Gasteiger partial charge in [0.1, 0.15) is 5.60 Å². The minimum atomic E-state index is -1.18. The molecule has 0 saturated heterocycles. The summed E-state index contributed by atoms with van der Waals surface area (Å²) in [5.41, 5.74) is -0.583. The molecule has 0 heterocycles. The van der Waals surface area contributed by atoms with Crippen molar-refractivity contribution in [1.82, 2.24) is 0 Å².